The van der Waals surface area contributed by atoms with E-state index in [4.69, 9.17) is 4.74 Å². The molecule has 2 N–H and O–H groups in total. The predicted octanol–water partition coefficient (Wildman–Crippen LogP) is 1.99. The first-order valence-electron chi connectivity index (χ1n) is 5.78. The van der Waals surface area contributed by atoms with Crippen LogP contribution in [0, 0.1) is 5.92 Å². The molecule has 92 valence electrons. The molecule has 1 fully saturated rings. The first-order valence-corrected chi connectivity index (χ1v) is 5.78. The van der Waals surface area contributed by atoms with E-state index in [2.05, 4.69) is 0 Å². The Kier molecular flexibility index (Phi) is 3.64. The third-order valence-corrected chi connectivity index (χ3v) is 3.26. The maximum atomic E-state index is 11.4. The highest BCUT2D eigenvalue weighted by atomic mass is 16.5. The summed E-state index contributed by atoms with van der Waals surface area (Å²) < 4.78 is 5.25. The highest BCUT2D eigenvalue weighted by Gasteiger charge is 2.30. The number of carbonyl (C=O) groups is 1. The molecular weight excluding hydrogens is 220 g/mol. The molecule has 2 rings (SSSR count). The van der Waals surface area contributed by atoms with Gasteiger partial charge in [-0.25, -0.2) is 0 Å². The molecule has 0 spiro atoms. The summed E-state index contributed by atoms with van der Waals surface area (Å²) in [6.45, 7) is 1.26. The second-order valence-electron chi connectivity index (χ2n) is 4.36. The number of hydrogen-bond acceptors (Lipinski definition) is 3. The van der Waals surface area contributed by atoms with Crippen molar-refractivity contribution >= 4 is 5.97 Å². The standard InChI is InChI=1S/C13H16O4/c14-11-3-1-9(2-4-11)12(13(15)16)10-5-7-17-8-6-10/h1-4,10,12,14H,5-8H2,(H,15,16). The summed E-state index contributed by atoms with van der Waals surface area (Å²) in [7, 11) is 0. The van der Waals surface area contributed by atoms with E-state index in [1.165, 1.54) is 12.1 Å². The van der Waals surface area contributed by atoms with E-state index in [-0.39, 0.29) is 11.7 Å². The van der Waals surface area contributed by atoms with Crippen molar-refractivity contribution < 1.29 is 19.7 Å². The molecule has 1 aliphatic rings. The predicted molar refractivity (Wildman–Crippen MR) is 62.0 cm³/mol. The van der Waals surface area contributed by atoms with Crippen molar-refractivity contribution in [3.05, 3.63) is 29.8 Å². The van der Waals surface area contributed by atoms with E-state index in [1.54, 1.807) is 12.1 Å². The Balaban J connectivity index is 2.21. The Morgan fingerprint density at radius 2 is 1.82 bits per heavy atom. The average Bonchev–Trinajstić information content (AvgIpc) is 2.33. The van der Waals surface area contributed by atoms with Crippen LogP contribution in [0.25, 0.3) is 0 Å². The Bertz CT molecular complexity index is 379. The topological polar surface area (TPSA) is 66.8 Å². The zero-order valence-electron chi connectivity index (χ0n) is 9.50. The van der Waals surface area contributed by atoms with Crippen molar-refractivity contribution in [3.63, 3.8) is 0 Å². The molecule has 17 heavy (non-hydrogen) atoms. The number of rotatable bonds is 3. The van der Waals surface area contributed by atoms with Gasteiger partial charge in [0.2, 0.25) is 0 Å². The van der Waals surface area contributed by atoms with Crippen molar-refractivity contribution in [2.45, 2.75) is 18.8 Å². The van der Waals surface area contributed by atoms with Gasteiger partial charge in [0.1, 0.15) is 5.75 Å². The number of ether oxygens (including phenoxy) is 1. The fraction of sp³-hybridized carbons (Fsp3) is 0.462. The molecule has 0 bridgehead atoms. The Hall–Kier alpha value is -1.55. The van der Waals surface area contributed by atoms with Crippen LogP contribution < -0.4 is 0 Å². The SMILES string of the molecule is O=C(O)C(c1ccc(O)cc1)C1CCOCC1. The lowest BCUT2D eigenvalue weighted by Crippen LogP contribution is -2.27. The molecule has 1 aromatic carbocycles. The van der Waals surface area contributed by atoms with Gasteiger partial charge in [-0.2, -0.15) is 0 Å². The van der Waals surface area contributed by atoms with E-state index in [9.17, 15) is 15.0 Å². The van der Waals surface area contributed by atoms with E-state index in [0.717, 1.165) is 18.4 Å². The van der Waals surface area contributed by atoms with E-state index in [0.29, 0.717) is 13.2 Å². The molecule has 1 saturated heterocycles. The third-order valence-electron chi connectivity index (χ3n) is 3.26. The summed E-state index contributed by atoms with van der Waals surface area (Å²) in [6.07, 6.45) is 1.55. The molecule has 0 aromatic heterocycles. The molecule has 1 aromatic rings. The van der Waals surface area contributed by atoms with E-state index < -0.39 is 11.9 Å². The van der Waals surface area contributed by atoms with Gasteiger partial charge in [-0.05, 0) is 36.5 Å². The quantitative estimate of drug-likeness (QED) is 0.842. The summed E-state index contributed by atoms with van der Waals surface area (Å²) in [5.41, 5.74) is 0.752. The summed E-state index contributed by atoms with van der Waals surface area (Å²) in [5.74, 6) is -1.03. The second kappa shape index (κ2) is 5.19. The van der Waals surface area contributed by atoms with Gasteiger partial charge in [-0.15, -0.1) is 0 Å². The largest absolute Gasteiger partial charge is 0.508 e. The number of hydrogen-bond donors (Lipinski definition) is 2. The van der Waals surface area contributed by atoms with Crippen LogP contribution in [-0.2, 0) is 9.53 Å². The minimum absolute atomic E-state index is 0.116. The van der Waals surface area contributed by atoms with Crippen LogP contribution in [-0.4, -0.2) is 29.4 Å². The van der Waals surface area contributed by atoms with E-state index in [1.807, 2.05) is 0 Å². The molecule has 4 heteroatoms. The zero-order valence-corrected chi connectivity index (χ0v) is 9.50. The van der Waals surface area contributed by atoms with Crippen LogP contribution in [0.1, 0.15) is 24.3 Å². The lowest BCUT2D eigenvalue weighted by Gasteiger charge is -2.27. The number of phenols is 1. The van der Waals surface area contributed by atoms with Crippen molar-refractivity contribution in [1.29, 1.82) is 0 Å². The molecule has 0 saturated carbocycles. The molecule has 1 atom stereocenters. The number of benzene rings is 1. The minimum atomic E-state index is -0.803. The van der Waals surface area contributed by atoms with Gasteiger partial charge in [0, 0.05) is 13.2 Å². The Morgan fingerprint density at radius 1 is 1.24 bits per heavy atom. The van der Waals surface area contributed by atoms with Gasteiger partial charge < -0.3 is 14.9 Å². The van der Waals surface area contributed by atoms with Crippen molar-refractivity contribution in [2.24, 2.45) is 5.92 Å². The van der Waals surface area contributed by atoms with E-state index >= 15 is 0 Å². The third kappa shape index (κ3) is 2.77. The summed E-state index contributed by atoms with van der Waals surface area (Å²) in [4.78, 5) is 11.4. The van der Waals surface area contributed by atoms with Crippen LogP contribution in [0.2, 0.25) is 0 Å². The summed E-state index contributed by atoms with van der Waals surface area (Å²) in [5, 5.41) is 18.6. The van der Waals surface area contributed by atoms with Crippen LogP contribution in [0.15, 0.2) is 24.3 Å². The van der Waals surface area contributed by atoms with Crippen molar-refractivity contribution in [2.75, 3.05) is 13.2 Å². The molecule has 0 radical (unpaired) electrons. The molecule has 1 heterocycles. The zero-order chi connectivity index (χ0) is 12.3. The molecule has 0 amide bonds. The monoisotopic (exact) mass is 236 g/mol. The van der Waals surface area contributed by atoms with Gasteiger partial charge in [0.05, 0.1) is 5.92 Å². The summed E-state index contributed by atoms with van der Waals surface area (Å²) >= 11 is 0. The Labute approximate surface area is 99.8 Å². The fourth-order valence-electron chi connectivity index (χ4n) is 2.35. The highest BCUT2D eigenvalue weighted by Crippen LogP contribution is 2.32. The molecule has 4 nitrogen and oxygen atoms in total. The second-order valence-corrected chi connectivity index (χ2v) is 4.36. The number of phenolic OH excluding ortho intramolecular Hbond substituents is 1. The average molecular weight is 236 g/mol. The smallest absolute Gasteiger partial charge is 0.311 e. The Morgan fingerprint density at radius 3 is 2.35 bits per heavy atom. The number of aromatic hydroxyl groups is 1. The normalized spacial score (nSPS) is 18.8. The van der Waals surface area contributed by atoms with Gasteiger partial charge in [-0.3, -0.25) is 4.79 Å². The maximum Gasteiger partial charge on any atom is 0.311 e. The first-order chi connectivity index (χ1) is 8.18. The molecule has 1 unspecified atom stereocenters. The lowest BCUT2D eigenvalue weighted by atomic mass is 9.81. The van der Waals surface area contributed by atoms with Gasteiger partial charge >= 0.3 is 5.97 Å². The van der Waals surface area contributed by atoms with Crippen LogP contribution in [0.4, 0.5) is 0 Å². The summed E-state index contributed by atoms with van der Waals surface area (Å²) in [6, 6.07) is 6.43. The van der Waals surface area contributed by atoms with Crippen molar-refractivity contribution in [1.82, 2.24) is 0 Å². The minimum Gasteiger partial charge on any atom is -0.508 e. The van der Waals surface area contributed by atoms with Crippen LogP contribution in [0.3, 0.4) is 0 Å². The number of carboxylic acids is 1. The molecular formula is C13H16O4. The molecule has 0 aliphatic carbocycles. The van der Waals surface area contributed by atoms with Gasteiger partial charge in [0.25, 0.3) is 0 Å². The van der Waals surface area contributed by atoms with Gasteiger partial charge in [-0.1, -0.05) is 12.1 Å². The highest BCUT2D eigenvalue weighted by molar-refractivity contribution is 5.76. The van der Waals surface area contributed by atoms with Crippen LogP contribution in [0.5, 0.6) is 5.75 Å². The van der Waals surface area contributed by atoms with Crippen molar-refractivity contribution in [3.8, 4) is 5.75 Å². The first kappa shape index (κ1) is 11.9. The van der Waals surface area contributed by atoms with Gasteiger partial charge in [0.15, 0.2) is 0 Å². The maximum absolute atomic E-state index is 11.4. The lowest BCUT2D eigenvalue weighted by molar-refractivity contribution is -0.141. The molecule has 1 aliphatic heterocycles. The van der Waals surface area contributed by atoms with Crippen LogP contribution >= 0.6 is 0 Å². The number of aliphatic carboxylic acids is 1. The fourth-order valence-corrected chi connectivity index (χ4v) is 2.35. The number of carboxylic acid groups (broad SMARTS) is 1.